The van der Waals surface area contributed by atoms with E-state index < -0.39 is 106 Å². The molecule has 0 N–H and O–H groups in total. The van der Waals surface area contributed by atoms with Crippen molar-refractivity contribution in [2.24, 2.45) is 0 Å². The lowest BCUT2D eigenvalue weighted by atomic mass is 9.90. The van der Waals surface area contributed by atoms with E-state index >= 15 is 17.6 Å². The maximum absolute atomic E-state index is 15.5. The van der Waals surface area contributed by atoms with Gasteiger partial charge < -0.3 is 9.47 Å². The molecule has 5 nitrogen and oxygen atoms in total. The van der Waals surface area contributed by atoms with Crippen LogP contribution in [0.5, 0.6) is 11.5 Å². The Bertz CT molecular complexity index is 1640. The predicted molar refractivity (Wildman–Crippen MR) is 143 cm³/mol. The van der Waals surface area contributed by atoms with Crippen molar-refractivity contribution in [2.75, 3.05) is 14.2 Å². The lowest BCUT2D eigenvalue weighted by Crippen LogP contribution is -2.29. The quantitative estimate of drug-likeness (QED) is 0.110. The first-order chi connectivity index (χ1) is 21.8. The average Bonchev–Trinajstić information content (AvgIpc) is 3.31. The fourth-order valence-corrected chi connectivity index (χ4v) is 6.76. The monoisotopic (exact) mass is 678 g/mol. The number of halogens is 10. The molecule has 0 amide bonds. The fraction of sp³-hybridized carbons (Fsp3) is 0.200. The molecule has 0 radical (unpaired) electrons. The van der Waals surface area contributed by atoms with Crippen molar-refractivity contribution in [2.45, 2.75) is 25.2 Å². The third-order valence-corrected chi connectivity index (χ3v) is 8.91. The minimum atomic E-state index is -2.78. The zero-order valence-electron chi connectivity index (χ0n) is 23.5. The molecule has 3 atom stereocenters. The molecule has 0 bridgehead atoms. The van der Waals surface area contributed by atoms with E-state index in [4.69, 9.17) is 9.47 Å². The van der Waals surface area contributed by atoms with E-state index in [1.807, 2.05) is 0 Å². The highest BCUT2D eigenvalue weighted by Crippen LogP contribution is 2.51. The van der Waals surface area contributed by atoms with Crippen LogP contribution >= 0.6 is 0 Å². The second-order valence-electron chi connectivity index (χ2n) is 9.93. The van der Waals surface area contributed by atoms with Crippen molar-refractivity contribution in [1.82, 2.24) is 8.61 Å². The van der Waals surface area contributed by atoms with Crippen molar-refractivity contribution >= 4 is 11.2 Å². The molecule has 4 aromatic rings. The first-order valence-electron chi connectivity index (χ1n) is 13.1. The van der Waals surface area contributed by atoms with E-state index in [1.54, 1.807) is 0 Å². The molecule has 0 aliphatic carbocycles. The summed E-state index contributed by atoms with van der Waals surface area (Å²) >= 11 is -2.78. The first kappa shape index (κ1) is 33.2. The molecular formula is C30H20F10N2O3S. The van der Waals surface area contributed by atoms with E-state index in [1.165, 1.54) is 62.8 Å². The molecule has 1 heterocycles. The molecule has 46 heavy (non-hydrogen) atoms. The molecule has 1 unspecified atom stereocenters. The molecule has 0 aromatic heterocycles. The summed E-state index contributed by atoms with van der Waals surface area (Å²) < 4.78 is 174. The third-order valence-electron chi connectivity index (χ3n) is 7.39. The van der Waals surface area contributed by atoms with Crippen LogP contribution in [0.3, 0.4) is 0 Å². The zero-order valence-corrected chi connectivity index (χ0v) is 24.3. The van der Waals surface area contributed by atoms with Gasteiger partial charge in [0.15, 0.2) is 57.7 Å². The maximum atomic E-state index is 15.5. The van der Waals surface area contributed by atoms with E-state index in [0.717, 1.165) is 0 Å². The number of nitrogens with zero attached hydrogens (tertiary/aromatic N) is 2. The topological polar surface area (TPSA) is 42.0 Å². The Morgan fingerprint density at radius 2 is 0.761 bits per heavy atom. The molecule has 4 aromatic carbocycles. The zero-order chi connectivity index (χ0) is 33.6. The molecule has 16 heteroatoms. The lowest BCUT2D eigenvalue weighted by Gasteiger charge is -2.29. The lowest BCUT2D eigenvalue weighted by molar-refractivity contribution is 0.227. The summed E-state index contributed by atoms with van der Waals surface area (Å²) in [5.41, 5.74) is -3.01. The molecular weight excluding hydrogens is 658 g/mol. The van der Waals surface area contributed by atoms with Crippen LogP contribution in [0.2, 0.25) is 0 Å². The summed E-state index contributed by atoms with van der Waals surface area (Å²) in [7, 11) is 2.69. The van der Waals surface area contributed by atoms with Gasteiger partial charge in [-0.2, -0.15) is 8.61 Å². The summed E-state index contributed by atoms with van der Waals surface area (Å²) in [6.45, 7) is -1.27. The molecule has 1 fully saturated rings. The highest BCUT2D eigenvalue weighted by atomic mass is 32.2. The van der Waals surface area contributed by atoms with Crippen molar-refractivity contribution in [3.63, 3.8) is 0 Å². The summed E-state index contributed by atoms with van der Waals surface area (Å²) in [4.78, 5) is 0. The number of methoxy groups -OCH3 is 2. The largest absolute Gasteiger partial charge is 0.497 e. The van der Waals surface area contributed by atoms with Crippen LogP contribution in [0, 0.1) is 58.2 Å². The van der Waals surface area contributed by atoms with Gasteiger partial charge in [-0.15, -0.1) is 0 Å². The van der Waals surface area contributed by atoms with Gasteiger partial charge in [0.1, 0.15) is 11.5 Å². The summed E-state index contributed by atoms with van der Waals surface area (Å²) in [6.07, 6.45) is 0. The van der Waals surface area contributed by atoms with Gasteiger partial charge >= 0.3 is 0 Å². The van der Waals surface area contributed by atoms with Crippen molar-refractivity contribution in [3.8, 4) is 11.5 Å². The van der Waals surface area contributed by atoms with Gasteiger partial charge in [-0.1, -0.05) is 24.3 Å². The van der Waals surface area contributed by atoms with Gasteiger partial charge in [-0.3, -0.25) is 0 Å². The maximum Gasteiger partial charge on any atom is 0.200 e. The van der Waals surface area contributed by atoms with Gasteiger partial charge in [0.05, 0.1) is 37.4 Å². The fourth-order valence-electron chi connectivity index (χ4n) is 5.14. The second kappa shape index (κ2) is 12.9. The Kier molecular flexibility index (Phi) is 9.33. The molecule has 1 aliphatic rings. The Balaban J connectivity index is 1.81. The standard InChI is InChI=1S/C30H20F10N2O3S/c1-44-15-7-3-13(4-8-15)11-41-29(17-19(31)23(35)27(39)24(36)20(17)32)30(18-21(33)25(37)28(40)26(38)22(18)34)42(46(41)43)12-14-5-9-16(45-2)10-6-14/h3-10,29-30H,11-12H2,1-2H3/t29-,30+,46?. The molecule has 0 spiro atoms. The minimum absolute atomic E-state index is 0.200. The highest BCUT2D eigenvalue weighted by molar-refractivity contribution is 7.80. The molecule has 1 aliphatic heterocycles. The molecule has 244 valence electrons. The summed E-state index contributed by atoms with van der Waals surface area (Å²) in [6, 6.07) is 6.23. The van der Waals surface area contributed by atoms with Crippen LogP contribution in [-0.2, 0) is 24.3 Å². The smallest absolute Gasteiger partial charge is 0.200 e. The number of hydrogen-bond acceptors (Lipinski definition) is 3. The first-order valence-corrected chi connectivity index (χ1v) is 14.1. The number of ether oxygens (including phenoxy) is 2. The second-order valence-corrected chi connectivity index (χ2v) is 11.3. The van der Waals surface area contributed by atoms with E-state index in [2.05, 4.69) is 0 Å². The Labute approximate surface area is 257 Å². The van der Waals surface area contributed by atoms with Gasteiger partial charge in [0, 0.05) is 13.1 Å². The highest BCUT2D eigenvalue weighted by Gasteiger charge is 2.53. The van der Waals surface area contributed by atoms with Crippen LogP contribution < -0.4 is 9.47 Å². The Morgan fingerprint density at radius 1 is 0.500 bits per heavy atom. The number of rotatable bonds is 8. The van der Waals surface area contributed by atoms with E-state index in [-0.39, 0.29) is 11.1 Å². The molecule has 5 rings (SSSR count). The van der Waals surface area contributed by atoms with Gasteiger partial charge in [-0.25, -0.2) is 48.1 Å². The Morgan fingerprint density at radius 3 is 1.02 bits per heavy atom. The van der Waals surface area contributed by atoms with Crippen LogP contribution in [0.1, 0.15) is 34.3 Å². The molecule has 0 saturated carbocycles. The summed E-state index contributed by atoms with van der Waals surface area (Å²) in [5, 5.41) is 0. The van der Waals surface area contributed by atoms with Crippen molar-refractivity contribution < 1.29 is 57.6 Å². The number of benzene rings is 4. The third kappa shape index (κ3) is 5.58. The van der Waals surface area contributed by atoms with E-state index in [0.29, 0.717) is 20.1 Å². The van der Waals surface area contributed by atoms with Gasteiger partial charge in [0.25, 0.3) is 0 Å². The van der Waals surface area contributed by atoms with Crippen LogP contribution in [0.15, 0.2) is 48.5 Å². The van der Waals surface area contributed by atoms with Gasteiger partial charge in [0.2, 0.25) is 11.6 Å². The normalized spacial score (nSPS) is 18.7. The van der Waals surface area contributed by atoms with Crippen molar-refractivity contribution in [3.05, 3.63) is 129 Å². The number of hydrogen-bond donors (Lipinski definition) is 0. The van der Waals surface area contributed by atoms with E-state index in [9.17, 15) is 30.6 Å². The predicted octanol–water partition coefficient (Wildman–Crippen LogP) is 7.47. The van der Waals surface area contributed by atoms with Crippen LogP contribution in [0.4, 0.5) is 43.9 Å². The SMILES string of the molecule is COc1ccc(CN2[C@H](c3c(F)c(F)c(F)c(F)c3F)[C@H](c3c(F)c(F)c(F)c(F)c3F)N(Cc3ccc(OC)cc3)S2=O)cc1. The molecule has 1 saturated heterocycles. The van der Waals surface area contributed by atoms with Crippen molar-refractivity contribution in [1.29, 1.82) is 0 Å². The van der Waals surface area contributed by atoms with Crippen LogP contribution in [-0.4, -0.2) is 27.0 Å². The Hall–Kier alpha value is -4.15. The van der Waals surface area contributed by atoms with Gasteiger partial charge in [-0.05, 0) is 35.4 Å². The minimum Gasteiger partial charge on any atom is -0.497 e. The van der Waals surface area contributed by atoms with Crippen LogP contribution in [0.25, 0.3) is 0 Å². The summed E-state index contributed by atoms with van der Waals surface area (Å²) in [5.74, 6) is -24.1. The average molecular weight is 679 g/mol.